The molecule has 4 aliphatic rings. The number of benzene rings is 2. The lowest BCUT2D eigenvalue weighted by atomic mass is 9.59. The Morgan fingerprint density at radius 1 is 0.966 bits per heavy atom. The number of fused-ring (bicyclic) bond motifs is 3. The van der Waals surface area contributed by atoms with E-state index >= 15 is 0 Å². The number of rotatable bonds is 4. The van der Waals surface area contributed by atoms with Gasteiger partial charge in [0.05, 0.1) is 4.92 Å². The van der Waals surface area contributed by atoms with Crippen molar-refractivity contribution in [2.24, 2.45) is 11.8 Å². The molecule has 29 heavy (non-hydrogen) atoms. The largest absolute Gasteiger partial charge is 0.299 e. The molecule has 0 radical (unpaired) electrons. The van der Waals surface area contributed by atoms with E-state index < -0.39 is 0 Å². The van der Waals surface area contributed by atoms with Gasteiger partial charge in [0.2, 0.25) is 0 Å². The van der Waals surface area contributed by atoms with Gasteiger partial charge in [-0.05, 0) is 55.2 Å². The number of nitro benzene ring substituents is 1. The number of Topliss-reactive ketones (excluding diaryl/α,β-unsaturated/α-hetero) is 1. The van der Waals surface area contributed by atoms with Crippen LogP contribution in [0.4, 0.5) is 5.69 Å². The second kappa shape index (κ2) is 7.38. The summed E-state index contributed by atoms with van der Waals surface area (Å²) < 4.78 is 0. The lowest BCUT2D eigenvalue weighted by Crippen LogP contribution is -2.54. The van der Waals surface area contributed by atoms with Crippen molar-refractivity contribution in [2.45, 2.75) is 50.1 Å². The Hall–Kier alpha value is -2.53. The molecule has 2 aromatic rings. The van der Waals surface area contributed by atoms with E-state index in [2.05, 4.69) is 35.2 Å². The van der Waals surface area contributed by atoms with Crippen molar-refractivity contribution in [3.05, 3.63) is 75.8 Å². The van der Waals surface area contributed by atoms with Gasteiger partial charge in [-0.25, -0.2) is 0 Å². The Kier molecular flexibility index (Phi) is 4.70. The first-order chi connectivity index (χ1) is 14.1. The maximum Gasteiger partial charge on any atom is 0.269 e. The molecule has 3 aliphatic carbocycles. The summed E-state index contributed by atoms with van der Waals surface area (Å²) >= 11 is 0. The monoisotopic (exact) mass is 390 g/mol. The van der Waals surface area contributed by atoms with E-state index in [1.54, 1.807) is 12.1 Å². The number of non-ortho nitro benzene ring substituents is 1. The fourth-order valence-electron chi connectivity index (χ4n) is 6.13. The van der Waals surface area contributed by atoms with Crippen LogP contribution >= 0.6 is 0 Å². The second-order valence-corrected chi connectivity index (χ2v) is 8.86. The van der Waals surface area contributed by atoms with Crippen molar-refractivity contribution in [3.8, 4) is 0 Å². The molecule has 1 heterocycles. The standard InChI is InChI=1S/C24H26N2O3/c27-23-15-16-13-20(17-8-10-19(11-9-17)26(28)29)24(23)22(14-16)25-12-4-7-21(25)18-5-2-1-3-6-18/h1-3,5-6,8-11,16,20-22,24H,4,7,12-15H2. The molecule has 150 valence electrons. The van der Waals surface area contributed by atoms with E-state index in [1.165, 1.54) is 12.0 Å². The second-order valence-electron chi connectivity index (χ2n) is 8.86. The van der Waals surface area contributed by atoms with E-state index in [0.717, 1.165) is 31.4 Å². The van der Waals surface area contributed by atoms with Crippen molar-refractivity contribution in [3.63, 3.8) is 0 Å². The summed E-state index contributed by atoms with van der Waals surface area (Å²) in [4.78, 5) is 26.3. The normalized spacial score (nSPS) is 31.9. The molecule has 4 fully saturated rings. The molecule has 0 aromatic heterocycles. The molecule has 1 aliphatic heterocycles. The van der Waals surface area contributed by atoms with Crippen LogP contribution in [0, 0.1) is 22.0 Å². The molecule has 0 amide bonds. The summed E-state index contributed by atoms with van der Waals surface area (Å²) in [6.07, 6.45) is 5.14. The zero-order valence-corrected chi connectivity index (χ0v) is 16.4. The zero-order valence-electron chi connectivity index (χ0n) is 16.4. The van der Waals surface area contributed by atoms with Crippen LogP contribution in [0.5, 0.6) is 0 Å². The van der Waals surface area contributed by atoms with E-state index in [1.807, 2.05) is 12.1 Å². The van der Waals surface area contributed by atoms with Crippen molar-refractivity contribution in [1.29, 1.82) is 0 Å². The van der Waals surface area contributed by atoms with Crippen LogP contribution < -0.4 is 0 Å². The predicted octanol–water partition coefficient (Wildman–Crippen LogP) is 4.88. The lowest BCUT2D eigenvalue weighted by Gasteiger charge is -2.51. The van der Waals surface area contributed by atoms with Crippen LogP contribution in [0.1, 0.15) is 55.2 Å². The molecule has 6 rings (SSSR count). The van der Waals surface area contributed by atoms with Gasteiger partial charge >= 0.3 is 0 Å². The number of ketones is 1. The summed E-state index contributed by atoms with van der Waals surface area (Å²) in [5, 5.41) is 11.0. The fraction of sp³-hybridized carbons (Fsp3) is 0.458. The van der Waals surface area contributed by atoms with Gasteiger partial charge in [-0.3, -0.25) is 19.8 Å². The minimum atomic E-state index is -0.362. The third kappa shape index (κ3) is 3.27. The van der Waals surface area contributed by atoms with Crippen LogP contribution in [0.3, 0.4) is 0 Å². The van der Waals surface area contributed by atoms with E-state index in [-0.39, 0.29) is 28.5 Å². The molecule has 3 saturated carbocycles. The van der Waals surface area contributed by atoms with Crippen molar-refractivity contribution in [2.75, 3.05) is 6.54 Å². The maximum absolute atomic E-state index is 13.1. The first-order valence-electron chi connectivity index (χ1n) is 10.7. The molecule has 5 nitrogen and oxygen atoms in total. The molecule has 0 spiro atoms. The van der Waals surface area contributed by atoms with Gasteiger partial charge in [-0.2, -0.15) is 0 Å². The quantitative estimate of drug-likeness (QED) is 0.551. The molecular formula is C24H26N2O3. The molecule has 5 atom stereocenters. The minimum absolute atomic E-state index is 0.00534. The fourth-order valence-corrected chi connectivity index (χ4v) is 6.13. The Balaban J connectivity index is 1.45. The van der Waals surface area contributed by atoms with Crippen LogP contribution in [-0.2, 0) is 4.79 Å². The van der Waals surface area contributed by atoms with E-state index in [0.29, 0.717) is 24.2 Å². The number of likely N-dealkylation sites (tertiary alicyclic amines) is 1. The van der Waals surface area contributed by atoms with Crippen LogP contribution in [-0.4, -0.2) is 28.2 Å². The average molecular weight is 390 g/mol. The van der Waals surface area contributed by atoms with E-state index in [4.69, 9.17) is 0 Å². The number of carbonyl (C=O) groups is 1. The molecule has 5 heteroatoms. The predicted molar refractivity (Wildman–Crippen MR) is 111 cm³/mol. The molecule has 2 bridgehead atoms. The van der Waals surface area contributed by atoms with Gasteiger partial charge in [0, 0.05) is 36.6 Å². The smallest absolute Gasteiger partial charge is 0.269 e. The highest BCUT2D eigenvalue weighted by molar-refractivity contribution is 5.85. The van der Waals surface area contributed by atoms with Crippen LogP contribution in [0.15, 0.2) is 54.6 Å². The topological polar surface area (TPSA) is 63.4 Å². The van der Waals surface area contributed by atoms with Crippen LogP contribution in [0.25, 0.3) is 0 Å². The SMILES string of the molecule is O=C1CC2CC(c3ccc([N+](=O)[O-])cc3)C1C(N1CCCC1c1ccccc1)C2. The maximum atomic E-state index is 13.1. The van der Waals surface area contributed by atoms with Gasteiger partial charge in [0.15, 0.2) is 0 Å². The highest BCUT2D eigenvalue weighted by Crippen LogP contribution is 2.52. The third-order valence-electron chi connectivity index (χ3n) is 7.31. The molecular weight excluding hydrogens is 364 g/mol. The summed E-state index contributed by atoms with van der Waals surface area (Å²) in [7, 11) is 0. The van der Waals surface area contributed by atoms with Crippen molar-refractivity contribution in [1.82, 2.24) is 4.90 Å². The Morgan fingerprint density at radius 3 is 2.41 bits per heavy atom. The minimum Gasteiger partial charge on any atom is -0.299 e. The Morgan fingerprint density at radius 2 is 1.72 bits per heavy atom. The summed E-state index contributed by atoms with van der Waals surface area (Å²) in [6, 6.07) is 18.2. The number of hydrogen-bond acceptors (Lipinski definition) is 4. The number of carbonyl (C=O) groups excluding carboxylic acids is 1. The zero-order chi connectivity index (χ0) is 20.0. The molecule has 1 saturated heterocycles. The molecule has 2 aromatic carbocycles. The summed E-state index contributed by atoms with van der Waals surface area (Å²) in [6.45, 7) is 1.05. The average Bonchev–Trinajstić information content (AvgIpc) is 3.24. The van der Waals surface area contributed by atoms with Gasteiger partial charge in [0.25, 0.3) is 5.69 Å². The Bertz CT molecular complexity index is 911. The van der Waals surface area contributed by atoms with Crippen LogP contribution in [0.2, 0.25) is 0 Å². The van der Waals surface area contributed by atoms with Gasteiger partial charge in [0.1, 0.15) is 5.78 Å². The molecule has 5 unspecified atom stereocenters. The molecule has 0 N–H and O–H groups in total. The lowest BCUT2D eigenvalue weighted by molar-refractivity contribution is -0.384. The third-order valence-corrected chi connectivity index (χ3v) is 7.31. The van der Waals surface area contributed by atoms with Gasteiger partial charge < -0.3 is 0 Å². The number of nitro groups is 1. The van der Waals surface area contributed by atoms with Gasteiger partial charge in [-0.15, -0.1) is 0 Å². The summed E-state index contributed by atoms with van der Waals surface area (Å²) in [5.41, 5.74) is 2.55. The van der Waals surface area contributed by atoms with E-state index in [9.17, 15) is 14.9 Å². The summed E-state index contributed by atoms with van der Waals surface area (Å²) in [5.74, 6) is 0.998. The van der Waals surface area contributed by atoms with Crippen molar-refractivity contribution >= 4 is 11.5 Å². The highest BCUT2D eigenvalue weighted by Gasteiger charge is 2.51. The first-order valence-corrected chi connectivity index (χ1v) is 10.7. The Labute approximate surface area is 170 Å². The number of nitrogens with zero attached hydrogens (tertiary/aromatic N) is 2. The number of hydrogen-bond donors (Lipinski definition) is 0. The highest BCUT2D eigenvalue weighted by atomic mass is 16.6. The van der Waals surface area contributed by atoms with Crippen molar-refractivity contribution < 1.29 is 9.72 Å². The first kappa shape index (κ1) is 18.5. The van der Waals surface area contributed by atoms with Gasteiger partial charge in [-0.1, -0.05) is 42.5 Å².